The van der Waals surface area contributed by atoms with E-state index in [1.165, 1.54) is 22.5 Å². The van der Waals surface area contributed by atoms with Crippen LogP contribution in [0.3, 0.4) is 0 Å². The standard InChI is InChI=1S/C15H19N3/c1-2-4-13-10-17-11-18(13)15-6-3-5-12-9-16-8-7-14(12)15/h3,5-6,10-11,16H,2,4,7-9H2,1H3. The van der Waals surface area contributed by atoms with Gasteiger partial charge >= 0.3 is 0 Å². The Bertz CT molecular complexity index is 542. The van der Waals surface area contributed by atoms with Gasteiger partial charge in [0.05, 0.1) is 12.0 Å². The van der Waals surface area contributed by atoms with Crippen LogP contribution in [0.15, 0.2) is 30.7 Å². The minimum atomic E-state index is 0.987. The topological polar surface area (TPSA) is 29.9 Å². The molecule has 0 aliphatic carbocycles. The largest absolute Gasteiger partial charge is 0.312 e. The number of imidazole rings is 1. The molecule has 1 aliphatic heterocycles. The first-order valence-corrected chi connectivity index (χ1v) is 6.73. The fraction of sp³-hybridized carbons (Fsp3) is 0.400. The minimum absolute atomic E-state index is 0.987. The fourth-order valence-corrected chi connectivity index (χ4v) is 2.72. The Labute approximate surface area is 108 Å². The molecule has 1 aliphatic rings. The molecule has 0 atom stereocenters. The zero-order valence-electron chi connectivity index (χ0n) is 10.8. The minimum Gasteiger partial charge on any atom is -0.312 e. The lowest BCUT2D eigenvalue weighted by atomic mass is 9.99. The summed E-state index contributed by atoms with van der Waals surface area (Å²) in [4.78, 5) is 4.31. The fourth-order valence-electron chi connectivity index (χ4n) is 2.72. The first-order chi connectivity index (χ1) is 8.90. The lowest BCUT2D eigenvalue weighted by Crippen LogP contribution is -2.24. The number of aromatic nitrogens is 2. The zero-order chi connectivity index (χ0) is 12.4. The maximum Gasteiger partial charge on any atom is 0.0994 e. The van der Waals surface area contributed by atoms with E-state index in [0.29, 0.717) is 0 Å². The molecule has 0 unspecified atom stereocenters. The Hall–Kier alpha value is -1.61. The number of hydrogen-bond donors (Lipinski definition) is 1. The summed E-state index contributed by atoms with van der Waals surface area (Å²) in [6.07, 6.45) is 7.28. The highest BCUT2D eigenvalue weighted by atomic mass is 15.1. The van der Waals surface area contributed by atoms with Crippen LogP contribution in [0.25, 0.3) is 5.69 Å². The molecule has 0 saturated heterocycles. The van der Waals surface area contributed by atoms with Gasteiger partial charge in [0.1, 0.15) is 0 Å². The first kappa shape index (κ1) is 11.5. The molecular weight excluding hydrogens is 222 g/mol. The van der Waals surface area contributed by atoms with Gasteiger partial charge in [0, 0.05) is 18.4 Å². The number of benzene rings is 1. The molecule has 0 radical (unpaired) electrons. The van der Waals surface area contributed by atoms with E-state index in [-0.39, 0.29) is 0 Å². The quantitative estimate of drug-likeness (QED) is 0.894. The van der Waals surface area contributed by atoms with Crippen molar-refractivity contribution in [3.63, 3.8) is 0 Å². The van der Waals surface area contributed by atoms with Crippen molar-refractivity contribution in [1.82, 2.24) is 14.9 Å². The van der Waals surface area contributed by atoms with Gasteiger partial charge in [0.2, 0.25) is 0 Å². The summed E-state index contributed by atoms with van der Waals surface area (Å²) in [5.74, 6) is 0. The molecule has 1 N–H and O–H groups in total. The van der Waals surface area contributed by atoms with Crippen LogP contribution >= 0.6 is 0 Å². The second kappa shape index (κ2) is 4.94. The van der Waals surface area contributed by atoms with Gasteiger partial charge in [-0.3, -0.25) is 0 Å². The Morgan fingerprint density at radius 2 is 2.33 bits per heavy atom. The van der Waals surface area contributed by atoms with Crippen molar-refractivity contribution < 1.29 is 0 Å². The van der Waals surface area contributed by atoms with Gasteiger partial charge in [-0.25, -0.2) is 4.98 Å². The Morgan fingerprint density at radius 3 is 3.22 bits per heavy atom. The highest BCUT2D eigenvalue weighted by molar-refractivity contribution is 5.48. The van der Waals surface area contributed by atoms with Gasteiger partial charge in [-0.15, -0.1) is 0 Å². The van der Waals surface area contributed by atoms with E-state index in [2.05, 4.69) is 40.0 Å². The molecule has 2 heterocycles. The molecule has 3 heteroatoms. The van der Waals surface area contributed by atoms with Gasteiger partial charge < -0.3 is 9.88 Å². The van der Waals surface area contributed by atoms with Gasteiger partial charge in [0.15, 0.2) is 0 Å². The summed E-state index contributed by atoms with van der Waals surface area (Å²) in [5, 5.41) is 3.43. The van der Waals surface area contributed by atoms with E-state index < -0.39 is 0 Å². The smallest absolute Gasteiger partial charge is 0.0994 e. The highest BCUT2D eigenvalue weighted by Gasteiger charge is 2.14. The third-order valence-electron chi connectivity index (χ3n) is 3.60. The van der Waals surface area contributed by atoms with E-state index in [1.807, 2.05) is 12.5 Å². The number of aryl methyl sites for hydroxylation is 1. The number of hydrogen-bond acceptors (Lipinski definition) is 2. The van der Waals surface area contributed by atoms with E-state index in [9.17, 15) is 0 Å². The van der Waals surface area contributed by atoms with Crippen molar-refractivity contribution in [2.24, 2.45) is 0 Å². The van der Waals surface area contributed by atoms with Crippen molar-refractivity contribution in [2.75, 3.05) is 6.54 Å². The predicted molar refractivity (Wildman–Crippen MR) is 73.0 cm³/mol. The van der Waals surface area contributed by atoms with Gasteiger partial charge in [-0.05, 0) is 36.6 Å². The molecule has 18 heavy (non-hydrogen) atoms. The maximum atomic E-state index is 4.31. The summed E-state index contributed by atoms with van der Waals surface area (Å²) in [5.41, 5.74) is 5.53. The molecule has 3 nitrogen and oxygen atoms in total. The van der Waals surface area contributed by atoms with Gasteiger partial charge in [0.25, 0.3) is 0 Å². The number of rotatable bonds is 3. The second-order valence-corrected chi connectivity index (χ2v) is 4.85. The second-order valence-electron chi connectivity index (χ2n) is 4.85. The molecule has 0 fully saturated rings. The lowest BCUT2D eigenvalue weighted by Gasteiger charge is -2.21. The van der Waals surface area contributed by atoms with E-state index >= 15 is 0 Å². The predicted octanol–water partition coefficient (Wildman–Crippen LogP) is 2.47. The number of nitrogens with zero attached hydrogens (tertiary/aromatic N) is 2. The lowest BCUT2D eigenvalue weighted by molar-refractivity contribution is 0.640. The average molecular weight is 241 g/mol. The summed E-state index contributed by atoms with van der Waals surface area (Å²) in [7, 11) is 0. The normalized spacial score (nSPS) is 14.5. The van der Waals surface area contributed by atoms with E-state index in [4.69, 9.17) is 0 Å². The third-order valence-corrected chi connectivity index (χ3v) is 3.60. The summed E-state index contributed by atoms with van der Waals surface area (Å²) in [6.45, 7) is 4.27. The van der Waals surface area contributed by atoms with Crippen LogP contribution in [0.5, 0.6) is 0 Å². The van der Waals surface area contributed by atoms with Crippen LogP contribution in [-0.4, -0.2) is 16.1 Å². The molecule has 3 rings (SSSR count). The van der Waals surface area contributed by atoms with Crippen molar-refractivity contribution >= 4 is 0 Å². The van der Waals surface area contributed by atoms with Crippen molar-refractivity contribution in [3.05, 3.63) is 47.5 Å². The van der Waals surface area contributed by atoms with Crippen LogP contribution < -0.4 is 5.32 Å². The monoisotopic (exact) mass is 241 g/mol. The van der Waals surface area contributed by atoms with Crippen molar-refractivity contribution in [1.29, 1.82) is 0 Å². The molecule has 1 aromatic heterocycles. The maximum absolute atomic E-state index is 4.31. The summed E-state index contributed by atoms with van der Waals surface area (Å²) < 4.78 is 2.26. The Kier molecular flexibility index (Phi) is 3.15. The third kappa shape index (κ3) is 1.95. The summed E-state index contributed by atoms with van der Waals surface area (Å²) in [6, 6.07) is 6.59. The van der Waals surface area contributed by atoms with Crippen LogP contribution in [0, 0.1) is 0 Å². The van der Waals surface area contributed by atoms with Gasteiger partial charge in [-0.1, -0.05) is 25.5 Å². The average Bonchev–Trinajstić information content (AvgIpc) is 2.87. The Balaban J connectivity index is 2.08. The van der Waals surface area contributed by atoms with Gasteiger partial charge in [-0.2, -0.15) is 0 Å². The highest BCUT2D eigenvalue weighted by Crippen LogP contribution is 2.23. The molecule has 0 bridgehead atoms. The molecular formula is C15H19N3. The molecule has 0 saturated carbocycles. The van der Waals surface area contributed by atoms with Crippen LogP contribution in [0.1, 0.15) is 30.2 Å². The summed E-state index contributed by atoms with van der Waals surface area (Å²) >= 11 is 0. The van der Waals surface area contributed by atoms with E-state index in [0.717, 1.165) is 32.4 Å². The molecule has 1 aromatic carbocycles. The van der Waals surface area contributed by atoms with Crippen molar-refractivity contribution in [3.8, 4) is 5.69 Å². The number of nitrogens with one attached hydrogen (secondary N) is 1. The SMILES string of the molecule is CCCc1cncn1-c1cccc2c1CCNC2. The van der Waals surface area contributed by atoms with Crippen LogP contribution in [-0.2, 0) is 19.4 Å². The molecule has 94 valence electrons. The Morgan fingerprint density at radius 1 is 1.39 bits per heavy atom. The van der Waals surface area contributed by atoms with Crippen LogP contribution in [0.4, 0.5) is 0 Å². The zero-order valence-corrected chi connectivity index (χ0v) is 10.8. The molecule has 2 aromatic rings. The first-order valence-electron chi connectivity index (χ1n) is 6.73. The van der Waals surface area contributed by atoms with Crippen LogP contribution in [0.2, 0.25) is 0 Å². The molecule has 0 amide bonds. The number of fused-ring (bicyclic) bond motifs is 1. The van der Waals surface area contributed by atoms with E-state index in [1.54, 1.807) is 0 Å². The molecule has 0 spiro atoms. The van der Waals surface area contributed by atoms with Crippen molar-refractivity contribution in [2.45, 2.75) is 32.7 Å².